The lowest BCUT2D eigenvalue weighted by molar-refractivity contribution is 0.0759. The highest BCUT2D eigenvalue weighted by atomic mass is 32.2. The van der Waals surface area contributed by atoms with E-state index in [2.05, 4.69) is 10.2 Å². The molecule has 0 aliphatic carbocycles. The molecule has 8 heteroatoms. The van der Waals surface area contributed by atoms with Crippen LogP contribution in [-0.4, -0.2) is 59.9 Å². The van der Waals surface area contributed by atoms with E-state index in [4.69, 9.17) is 0 Å². The largest absolute Gasteiger partial charge is 0.338 e. The fourth-order valence-electron chi connectivity index (χ4n) is 3.50. The van der Waals surface area contributed by atoms with Gasteiger partial charge >= 0.3 is 0 Å². The van der Waals surface area contributed by atoms with E-state index in [1.807, 2.05) is 37.3 Å². The average Bonchev–Trinajstić information content (AvgIpc) is 2.92. The summed E-state index contributed by atoms with van der Waals surface area (Å²) in [6, 6.07) is 9.12. The lowest BCUT2D eigenvalue weighted by Crippen LogP contribution is -2.39. The normalized spacial score (nSPS) is 18.5. The molecule has 1 amide bonds. The van der Waals surface area contributed by atoms with E-state index in [1.54, 1.807) is 18.1 Å². The molecule has 0 radical (unpaired) electrons. The molecule has 1 fully saturated rings. The average molecular weight is 391 g/mol. The number of hydrogen-bond donors (Lipinski definition) is 1. The van der Waals surface area contributed by atoms with Crippen molar-refractivity contribution in [3.8, 4) is 0 Å². The van der Waals surface area contributed by atoms with E-state index in [-0.39, 0.29) is 17.7 Å². The number of hydrogen-bond acceptors (Lipinski definition) is 4. The second-order valence-corrected chi connectivity index (χ2v) is 9.07. The van der Waals surface area contributed by atoms with E-state index < -0.39 is 10.0 Å². The van der Waals surface area contributed by atoms with Gasteiger partial charge in [-0.05, 0) is 31.7 Å². The lowest BCUT2D eigenvalue weighted by Gasteiger charge is -2.26. The first-order valence-corrected chi connectivity index (χ1v) is 10.8. The van der Waals surface area contributed by atoms with Gasteiger partial charge in [0, 0.05) is 31.9 Å². The van der Waals surface area contributed by atoms with Crippen molar-refractivity contribution in [2.75, 3.05) is 20.1 Å². The van der Waals surface area contributed by atoms with Crippen LogP contribution in [0.5, 0.6) is 0 Å². The molecule has 1 atom stereocenters. The second kappa shape index (κ2) is 8.22. The predicted octanol–water partition coefficient (Wildman–Crippen LogP) is 2.17. The minimum Gasteiger partial charge on any atom is -0.338 e. The van der Waals surface area contributed by atoms with Crippen molar-refractivity contribution in [1.29, 1.82) is 0 Å². The lowest BCUT2D eigenvalue weighted by atomic mass is 10.1. The monoisotopic (exact) mass is 390 g/mol. The molecule has 2 heterocycles. The molecule has 7 nitrogen and oxygen atoms in total. The van der Waals surface area contributed by atoms with Gasteiger partial charge in [0.25, 0.3) is 5.91 Å². The summed E-state index contributed by atoms with van der Waals surface area (Å²) in [6.45, 7) is 3.00. The molecule has 1 aromatic heterocycles. The van der Waals surface area contributed by atoms with Crippen molar-refractivity contribution in [1.82, 2.24) is 19.4 Å². The number of likely N-dealkylation sites (tertiary alicyclic amines) is 1. The Morgan fingerprint density at radius 2 is 2.00 bits per heavy atom. The highest BCUT2D eigenvalue weighted by molar-refractivity contribution is 7.88. The van der Waals surface area contributed by atoms with Crippen molar-refractivity contribution in [3.05, 3.63) is 53.3 Å². The van der Waals surface area contributed by atoms with E-state index in [9.17, 15) is 13.2 Å². The third-order valence-corrected chi connectivity index (χ3v) is 7.06. The molecule has 1 N–H and O–H groups in total. The summed E-state index contributed by atoms with van der Waals surface area (Å²) < 4.78 is 27.1. The molecule has 1 aliphatic heterocycles. The second-order valence-electron chi connectivity index (χ2n) is 7.04. The number of aryl methyl sites for hydroxylation is 1. The van der Waals surface area contributed by atoms with Crippen LogP contribution in [-0.2, 0) is 15.8 Å². The standard InChI is InChI=1S/C19H26N4O3S/c1-15-18(13-20-21-15)19(24)23-11-6-9-17(10-12-23)22(2)27(25,26)14-16-7-4-3-5-8-16/h3-5,7-8,13,17H,6,9-12,14H2,1-2H3,(H,20,21). The Labute approximate surface area is 160 Å². The maximum absolute atomic E-state index is 12.8. The molecule has 1 saturated heterocycles. The predicted molar refractivity (Wildman–Crippen MR) is 104 cm³/mol. The molecule has 2 aromatic rings. The zero-order chi connectivity index (χ0) is 19.4. The Morgan fingerprint density at radius 1 is 1.26 bits per heavy atom. The quantitative estimate of drug-likeness (QED) is 0.848. The summed E-state index contributed by atoms with van der Waals surface area (Å²) in [6.07, 6.45) is 3.71. The summed E-state index contributed by atoms with van der Waals surface area (Å²) in [5.74, 6) is -0.0470. The molecule has 0 bridgehead atoms. The number of H-pyrrole nitrogens is 1. The molecular weight excluding hydrogens is 364 g/mol. The minimum absolute atomic E-state index is 0.00228. The highest BCUT2D eigenvalue weighted by Crippen LogP contribution is 2.22. The molecule has 0 saturated carbocycles. The van der Waals surface area contributed by atoms with Gasteiger partial charge in [0.15, 0.2) is 0 Å². The number of aromatic amines is 1. The van der Waals surface area contributed by atoms with Crippen molar-refractivity contribution in [2.45, 2.75) is 38.0 Å². The van der Waals surface area contributed by atoms with Crippen LogP contribution in [0, 0.1) is 6.92 Å². The number of nitrogens with one attached hydrogen (secondary N) is 1. The van der Waals surface area contributed by atoms with E-state index in [1.165, 1.54) is 4.31 Å². The number of carbonyl (C=O) groups is 1. The highest BCUT2D eigenvalue weighted by Gasteiger charge is 2.30. The summed E-state index contributed by atoms with van der Waals surface area (Å²) in [7, 11) is -1.75. The van der Waals surface area contributed by atoms with Crippen LogP contribution in [0.4, 0.5) is 0 Å². The van der Waals surface area contributed by atoms with Crippen molar-refractivity contribution < 1.29 is 13.2 Å². The third kappa shape index (κ3) is 4.56. The Morgan fingerprint density at radius 3 is 2.67 bits per heavy atom. The maximum atomic E-state index is 12.8. The van der Waals surface area contributed by atoms with Gasteiger partial charge in [-0.2, -0.15) is 5.10 Å². The zero-order valence-electron chi connectivity index (χ0n) is 15.8. The molecule has 1 aliphatic rings. The molecular formula is C19H26N4O3S. The van der Waals surface area contributed by atoms with Gasteiger partial charge in [-0.25, -0.2) is 12.7 Å². The van der Waals surface area contributed by atoms with Crippen LogP contribution >= 0.6 is 0 Å². The van der Waals surface area contributed by atoms with Crippen molar-refractivity contribution in [3.63, 3.8) is 0 Å². The van der Waals surface area contributed by atoms with Gasteiger partial charge in [-0.1, -0.05) is 30.3 Å². The van der Waals surface area contributed by atoms with Crippen LogP contribution in [0.1, 0.15) is 40.9 Å². The summed E-state index contributed by atoms with van der Waals surface area (Å²) in [4.78, 5) is 14.5. The van der Waals surface area contributed by atoms with Gasteiger partial charge in [0.05, 0.1) is 17.5 Å². The van der Waals surface area contributed by atoms with Crippen LogP contribution in [0.2, 0.25) is 0 Å². The Balaban J connectivity index is 1.65. The van der Waals surface area contributed by atoms with Gasteiger partial charge < -0.3 is 4.90 Å². The Bertz CT molecular complexity index is 879. The molecule has 1 aromatic carbocycles. The molecule has 27 heavy (non-hydrogen) atoms. The van der Waals surface area contributed by atoms with Crippen LogP contribution < -0.4 is 0 Å². The number of amides is 1. The summed E-state index contributed by atoms with van der Waals surface area (Å²) >= 11 is 0. The van der Waals surface area contributed by atoms with Gasteiger partial charge in [0.2, 0.25) is 10.0 Å². The number of aromatic nitrogens is 2. The molecule has 1 unspecified atom stereocenters. The van der Waals surface area contributed by atoms with Gasteiger partial charge in [-0.15, -0.1) is 0 Å². The number of carbonyl (C=O) groups excluding carboxylic acids is 1. The van der Waals surface area contributed by atoms with Crippen molar-refractivity contribution in [2.24, 2.45) is 0 Å². The van der Waals surface area contributed by atoms with Crippen molar-refractivity contribution >= 4 is 15.9 Å². The number of benzene rings is 1. The van der Waals surface area contributed by atoms with Crippen LogP contribution in [0.3, 0.4) is 0 Å². The summed E-state index contributed by atoms with van der Waals surface area (Å²) in [5, 5.41) is 6.71. The van der Waals surface area contributed by atoms with Crippen LogP contribution in [0.25, 0.3) is 0 Å². The smallest absolute Gasteiger partial charge is 0.257 e. The minimum atomic E-state index is -3.40. The first-order chi connectivity index (χ1) is 12.9. The Hall–Kier alpha value is -2.19. The maximum Gasteiger partial charge on any atom is 0.257 e. The van der Waals surface area contributed by atoms with E-state index in [0.717, 1.165) is 24.1 Å². The first-order valence-electron chi connectivity index (χ1n) is 9.17. The summed E-state index contributed by atoms with van der Waals surface area (Å²) in [5.41, 5.74) is 2.12. The fraction of sp³-hybridized carbons (Fsp3) is 0.474. The SMILES string of the molecule is Cc1[nH]ncc1C(=O)N1CCCC(N(C)S(=O)(=O)Cc2ccccc2)CC1. The van der Waals surface area contributed by atoms with Gasteiger partial charge in [0.1, 0.15) is 0 Å². The van der Waals surface area contributed by atoms with E-state index >= 15 is 0 Å². The molecule has 3 rings (SSSR count). The number of nitrogens with zero attached hydrogens (tertiary/aromatic N) is 3. The van der Waals surface area contributed by atoms with E-state index in [0.29, 0.717) is 25.1 Å². The number of rotatable bonds is 5. The van der Waals surface area contributed by atoms with Gasteiger partial charge in [-0.3, -0.25) is 9.89 Å². The fourth-order valence-corrected chi connectivity index (χ4v) is 4.98. The first kappa shape index (κ1) is 19.6. The molecule has 146 valence electrons. The zero-order valence-corrected chi connectivity index (χ0v) is 16.6. The molecule has 0 spiro atoms. The Kier molecular flexibility index (Phi) is 5.96. The van der Waals surface area contributed by atoms with Crippen LogP contribution in [0.15, 0.2) is 36.5 Å². The number of sulfonamides is 1. The third-order valence-electron chi connectivity index (χ3n) is 5.19. The topological polar surface area (TPSA) is 86.4 Å².